The highest BCUT2D eigenvalue weighted by atomic mass is 16.5. The molecule has 1 N–H and O–H groups in total. The van der Waals surface area contributed by atoms with E-state index in [1.807, 2.05) is 6.20 Å². The summed E-state index contributed by atoms with van der Waals surface area (Å²) >= 11 is 0. The van der Waals surface area contributed by atoms with Gasteiger partial charge < -0.3 is 9.51 Å². The van der Waals surface area contributed by atoms with Crippen LogP contribution < -0.4 is 0 Å². The Morgan fingerprint density at radius 3 is 2.35 bits per heavy atom. The normalized spacial score (nSPS) is 13.5. The molecule has 3 nitrogen and oxygen atoms in total. The van der Waals surface area contributed by atoms with Gasteiger partial charge in [-0.1, -0.05) is 46.7 Å². The first-order valence-electron chi connectivity index (χ1n) is 7.10. The van der Waals surface area contributed by atoms with E-state index in [2.05, 4.69) is 63.8 Å². The summed E-state index contributed by atoms with van der Waals surface area (Å²) in [5, 5.41) is 6.73. The van der Waals surface area contributed by atoms with Crippen molar-refractivity contribution in [3.05, 3.63) is 29.6 Å². The lowest BCUT2D eigenvalue weighted by molar-refractivity contribution is 0.414. The molecule has 2 aromatic heterocycles. The van der Waals surface area contributed by atoms with Crippen molar-refractivity contribution in [3.8, 4) is 0 Å². The van der Waals surface area contributed by atoms with E-state index in [0.717, 1.165) is 22.2 Å². The van der Waals surface area contributed by atoms with Crippen molar-refractivity contribution in [1.29, 1.82) is 0 Å². The zero-order valence-corrected chi connectivity index (χ0v) is 13.1. The lowest BCUT2D eigenvalue weighted by Crippen LogP contribution is -2.13. The van der Waals surface area contributed by atoms with Crippen LogP contribution >= 0.6 is 0 Å². The third-order valence-corrected chi connectivity index (χ3v) is 3.79. The van der Waals surface area contributed by atoms with Crippen molar-refractivity contribution < 1.29 is 4.52 Å². The van der Waals surface area contributed by atoms with Gasteiger partial charge in [-0.25, -0.2) is 0 Å². The van der Waals surface area contributed by atoms with E-state index in [4.69, 9.17) is 4.52 Å². The third kappa shape index (κ3) is 1.84. The van der Waals surface area contributed by atoms with Gasteiger partial charge in [-0.15, -0.1) is 0 Å². The van der Waals surface area contributed by atoms with Crippen molar-refractivity contribution in [3.63, 3.8) is 0 Å². The highest BCUT2D eigenvalue weighted by Gasteiger charge is 2.28. The van der Waals surface area contributed by atoms with Crippen molar-refractivity contribution in [1.82, 2.24) is 10.1 Å². The molecule has 0 amide bonds. The Balaban J connectivity index is 2.52. The maximum Gasteiger partial charge on any atom is 0.171 e. The van der Waals surface area contributed by atoms with Crippen LogP contribution in [0.15, 0.2) is 22.9 Å². The number of H-pyrrole nitrogens is 1. The molecule has 3 heteroatoms. The van der Waals surface area contributed by atoms with Gasteiger partial charge in [0.2, 0.25) is 0 Å². The number of nitrogens with zero attached hydrogens (tertiary/aromatic N) is 1. The third-order valence-electron chi connectivity index (χ3n) is 3.79. The minimum Gasteiger partial charge on any atom is -0.361 e. The monoisotopic (exact) mass is 270 g/mol. The van der Waals surface area contributed by atoms with Gasteiger partial charge in [-0.3, -0.25) is 0 Å². The van der Waals surface area contributed by atoms with E-state index in [0.29, 0.717) is 0 Å². The Morgan fingerprint density at radius 2 is 1.75 bits per heavy atom. The summed E-state index contributed by atoms with van der Waals surface area (Å²) in [4.78, 5) is 3.32. The number of aromatic amines is 1. The summed E-state index contributed by atoms with van der Waals surface area (Å²) in [5.74, 6) is 0. The SMILES string of the molecule is CC(C)(C)c1cc2[nH]ccc2c2c(C(C)(C)C)noc12. The molecule has 2 heterocycles. The summed E-state index contributed by atoms with van der Waals surface area (Å²) in [6.45, 7) is 13.1. The highest BCUT2D eigenvalue weighted by molar-refractivity contribution is 6.07. The van der Waals surface area contributed by atoms with Crippen LogP contribution in [0.1, 0.15) is 52.8 Å². The number of hydrogen-bond donors (Lipinski definition) is 1. The zero-order valence-electron chi connectivity index (χ0n) is 13.1. The smallest absolute Gasteiger partial charge is 0.171 e. The van der Waals surface area contributed by atoms with Gasteiger partial charge in [0.25, 0.3) is 0 Å². The fourth-order valence-electron chi connectivity index (χ4n) is 2.72. The van der Waals surface area contributed by atoms with Crippen molar-refractivity contribution in [2.75, 3.05) is 0 Å². The summed E-state index contributed by atoms with van der Waals surface area (Å²) < 4.78 is 5.75. The molecule has 0 radical (unpaired) electrons. The molecule has 0 spiro atoms. The van der Waals surface area contributed by atoms with E-state index in [-0.39, 0.29) is 10.8 Å². The van der Waals surface area contributed by atoms with Crippen molar-refractivity contribution in [2.24, 2.45) is 0 Å². The average Bonchev–Trinajstić information content (AvgIpc) is 2.91. The minimum absolute atomic E-state index is 0.0201. The van der Waals surface area contributed by atoms with Gasteiger partial charge in [0.1, 0.15) is 0 Å². The topological polar surface area (TPSA) is 41.8 Å². The molecule has 1 aromatic carbocycles. The van der Waals surface area contributed by atoms with Gasteiger partial charge in [0.15, 0.2) is 5.58 Å². The van der Waals surface area contributed by atoms with Crippen LogP contribution in [-0.4, -0.2) is 10.1 Å². The number of nitrogens with one attached hydrogen (secondary N) is 1. The number of benzene rings is 1. The van der Waals surface area contributed by atoms with Crippen molar-refractivity contribution >= 4 is 21.9 Å². The molecule has 0 aliphatic heterocycles. The van der Waals surface area contributed by atoms with Gasteiger partial charge in [-0.2, -0.15) is 0 Å². The standard InChI is InChI=1S/C17H22N2O/c1-16(2,3)11-9-12-10(7-8-18-12)13-14(11)20-19-15(13)17(4,5)6/h7-9,18H,1-6H3. The van der Waals surface area contributed by atoms with Gasteiger partial charge in [0.05, 0.1) is 11.1 Å². The minimum atomic E-state index is -0.0358. The molecule has 0 atom stereocenters. The lowest BCUT2D eigenvalue weighted by atomic mass is 9.83. The molecule has 0 aliphatic rings. The molecule has 0 saturated heterocycles. The Kier molecular flexibility index (Phi) is 2.56. The zero-order chi connectivity index (χ0) is 14.7. The highest BCUT2D eigenvalue weighted by Crippen LogP contribution is 2.39. The van der Waals surface area contributed by atoms with E-state index < -0.39 is 0 Å². The molecule has 0 unspecified atom stereocenters. The quantitative estimate of drug-likeness (QED) is 0.631. The summed E-state index contributed by atoms with van der Waals surface area (Å²) in [6, 6.07) is 4.30. The fourth-order valence-corrected chi connectivity index (χ4v) is 2.72. The van der Waals surface area contributed by atoms with Crippen LogP contribution in [0.3, 0.4) is 0 Å². The second-order valence-electron chi connectivity index (χ2n) is 7.60. The molecule has 3 aromatic rings. The summed E-state index contributed by atoms with van der Waals surface area (Å²) in [5.41, 5.74) is 4.29. The second-order valence-corrected chi connectivity index (χ2v) is 7.60. The summed E-state index contributed by atoms with van der Waals surface area (Å²) in [6.07, 6.45) is 1.98. The Morgan fingerprint density at radius 1 is 1.05 bits per heavy atom. The van der Waals surface area contributed by atoms with Crippen LogP contribution in [-0.2, 0) is 10.8 Å². The molecule has 0 aliphatic carbocycles. The maximum atomic E-state index is 5.75. The first kappa shape index (κ1) is 13.2. The molecule has 106 valence electrons. The van der Waals surface area contributed by atoms with Gasteiger partial charge >= 0.3 is 0 Å². The van der Waals surface area contributed by atoms with Crippen LogP contribution in [0, 0.1) is 0 Å². The van der Waals surface area contributed by atoms with E-state index in [1.165, 1.54) is 10.9 Å². The molecular weight excluding hydrogens is 248 g/mol. The van der Waals surface area contributed by atoms with Crippen LogP contribution in [0.2, 0.25) is 0 Å². The number of hydrogen-bond acceptors (Lipinski definition) is 2. The molecule has 3 rings (SSSR count). The molecule has 0 bridgehead atoms. The van der Waals surface area contributed by atoms with Crippen LogP contribution in [0.25, 0.3) is 21.9 Å². The number of aromatic nitrogens is 2. The maximum absolute atomic E-state index is 5.75. The first-order chi connectivity index (χ1) is 9.19. The predicted octanol–water partition coefficient (Wildman–Crippen LogP) is 4.90. The average molecular weight is 270 g/mol. The summed E-state index contributed by atoms with van der Waals surface area (Å²) in [7, 11) is 0. The van der Waals surface area contributed by atoms with E-state index >= 15 is 0 Å². The largest absolute Gasteiger partial charge is 0.361 e. The van der Waals surface area contributed by atoms with Crippen LogP contribution in [0.4, 0.5) is 0 Å². The molecule has 0 fully saturated rings. The Labute approximate surface area is 119 Å². The Bertz CT molecular complexity index is 779. The van der Waals surface area contributed by atoms with Gasteiger partial charge in [0, 0.05) is 28.1 Å². The Hall–Kier alpha value is -1.77. The predicted molar refractivity (Wildman–Crippen MR) is 83.3 cm³/mol. The van der Waals surface area contributed by atoms with Gasteiger partial charge in [-0.05, 0) is 17.5 Å². The molecule has 0 saturated carbocycles. The lowest BCUT2D eigenvalue weighted by Gasteiger charge is -2.20. The fraction of sp³-hybridized carbons (Fsp3) is 0.471. The van der Waals surface area contributed by atoms with E-state index in [1.54, 1.807) is 0 Å². The number of rotatable bonds is 0. The number of fused-ring (bicyclic) bond motifs is 3. The first-order valence-corrected chi connectivity index (χ1v) is 7.10. The second kappa shape index (κ2) is 3.87. The van der Waals surface area contributed by atoms with Crippen LogP contribution in [0.5, 0.6) is 0 Å². The molecule has 20 heavy (non-hydrogen) atoms. The van der Waals surface area contributed by atoms with Crippen molar-refractivity contribution in [2.45, 2.75) is 52.4 Å². The molecular formula is C17H22N2O. The van der Waals surface area contributed by atoms with E-state index in [9.17, 15) is 0 Å².